The topological polar surface area (TPSA) is 41.6 Å². The normalized spacial score (nSPS) is 12.1. The first-order valence-electron chi connectivity index (χ1n) is 5.83. The van der Waals surface area contributed by atoms with Gasteiger partial charge in [0, 0.05) is 19.2 Å². The lowest BCUT2D eigenvalue weighted by atomic mass is 9.88. The van der Waals surface area contributed by atoms with Crippen molar-refractivity contribution in [2.45, 2.75) is 19.3 Å². The predicted octanol–water partition coefficient (Wildman–Crippen LogP) is 2.97. The zero-order chi connectivity index (χ0) is 13.1. The lowest BCUT2D eigenvalue weighted by molar-refractivity contribution is 0.625. The molecule has 0 unspecified atom stereocenters. The molecule has 0 saturated heterocycles. The molecule has 4 heteroatoms. The van der Waals surface area contributed by atoms with Gasteiger partial charge in [0.05, 0.1) is 17.8 Å². The van der Waals surface area contributed by atoms with E-state index < -0.39 is 0 Å². The molecular weight excluding hydrogens is 229 g/mol. The van der Waals surface area contributed by atoms with E-state index in [2.05, 4.69) is 11.2 Å². The van der Waals surface area contributed by atoms with E-state index in [0.29, 0.717) is 5.56 Å². The molecule has 1 heterocycles. The second kappa shape index (κ2) is 5.01. The summed E-state index contributed by atoms with van der Waals surface area (Å²) in [6, 6.07) is 6.43. The number of benzene rings is 1. The van der Waals surface area contributed by atoms with Crippen LogP contribution >= 0.6 is 0 Å². The number of halogens is 1. The highest BCUT2D eigenvalue weighted by Crippen LogP contribution is 2.30. The molecular formula is C14H14FN3. The van der Waals surface area contributed by atoms with Crippen LogP contribution in [-0.4, -0.2) is 9.78 Å². The first-order valence-corrected chi connectivity index (χ1v) is 5.83. The van der Waals surface area contributed by atoms with Crippen LogP contribution in [0.15, 0.2) is 30.6 Å². The molecule has 0 aliphatic heterocycles. The third kappa shape index (κ3) is 2.25. The van der Waals surface area contributed by atoms with E-state index in [4.69, 9.17) is 5.26 Å². The second-order valence-corrected chi connectivity index (χ2v) is 4.25. The Balaban J connectivity index is 2.49. The van der Waals surface area contributed by atoms with Crippen LogP contribution in [0.1, 0.15) is 36.0 Å². The molecule has 0 N–H and O–H groups in total. The average molecular weight is 243 g/mol. The summed E-state index contributed by atoms with van der Waals surface area (Å²) < 4.78 is 14.9. The molecule has 0 radical (unpaired) electrons. The first kappa shape index (κ1) is 12.3. The molecule has 2 rings (SSSR count). The first-order chi connectivity index (χ1) is 8.65. The predicted molar refractivity (Wildman–Crippen MR) is 66.5 cm³/mol. The lowest BCUT2D eigenvalue weighted by Crippen LogP contribution is -2.02. The van der Waals surface area contributed by atoms with Crippen LogP contribution in [-0.2, 0) is 7.05 Å². The standard InChI is InChI=1S/C14H14FN3/c1-3-13(11-8-17-18(2)9-11)14-5-4-12(15)6-10(14)7-16/h4-6,8-9,13H,3H2,1-2H3/t13-/m1/s1. The molecule has 0 spiro atoms. The fraction of sp³-hybridized carbons (Fsp3) is 0.286. The summed E-state index contributed by atoms with van der Waals surface area (Å²) in [5.41, 5.74) is 2.29. The zero-order valence-corrected chi connectivity index (χ0v) is 10.4. The second-order valence-electron chi connectivity index (χ2n) is 4.25. The number of rotatable bonds is 3. The van der Waals surface area contributed by atoms with E-state index in [0.717, 1.165) is 17.5 Å². The number of aromatic nitrogens is 2. The Bertz CT molecular complexity index is 595. The van der Waals surface area contributed by atoms with Crippen molar-refractivity contribution in [3.8, 4) is 6.07 Å². The molecule has 92 valence electrons. The number of aryl methyl sites for hydroxylation is 1. The molecule has 0 bridgehead atoms. The maximum Gasteiger partial charge on any atom is 0.124 e. The molecule has 18 heavy (non-hydrogen) atoms. The highest BCUT2D eigenvalue weighted by atomic mass is 19.1. The Morgan fingerprint density at radius 2 is 2.28 bits per heavy atom. The van der Waals surface area contributed by atoms with E-state index >= 15 is 0 Å². The fourth-order valence-corrected chi connectivity index (χ4v) is 2.18. The van der Waals surface area contributed by atoms with Gasteiger partial charge >= 0.3 is 0 Å². The van der Waals surface area contributed by atoms with Crippen LogP contribution in [0.2, 0.25) is 0 Å². The minimum Gasteiger partial charge on any atom is -0.276 e. The van der Waals surface area contributed by atoms with Gasteiger partial charge in [-0.25, -0.2) is 4.39 Å². The van der Waals surface area contributed by atoms with Crippen molar-refractivity contribution in [3.63, 3.8) is 0 Å². The molecule has 1 aromatic carbocycles. The zero-order valence-electron chi connectivity index (χ0n) is 10.4. The van der Waals surface area contributed by atoms with Crippen LogP contribution in [0.5, 0.6) is 0 Å². The summed E-state index contributed by atoms with van der Waals surface area (Å²) in [6.45, 7) is 2.04. The van der Waals surface area contributed by atoms with Crippen LogP contribution in [0.3, 0.4) is 0 Å². The Morgan fingerprint density at radius 1 is 1.50 bits per heavy atom. The van der Waals surface area contributed by atoms with Crippen molar-refractivity contribution in [2.75, 3.05) is 0 Å². The van der Waals surface area contributed by atoms with Crippen LogP contribution < -0.4 is 0 Å². The molecule has 3 nitrogen and oxygen atoms in total. The Kier molecular flexibility index (Phi) is 3.42. The van der Waals surface area contributed by atoms with Gasteiger partial charge in [0.1, 0.15) is 5.82 Å². The summed E-state index contributed by atoms with van der Waals surface area (Å²) in [6.07, 6.45) is 4.56. The molecule has 0 aliphatic carbocycles. The van der Waals surface area contributed by atoms with Gasteiger partial charge in [0.15, 0.2) is 0 Å². The third-order valence-electron chi connectivity index (χ3n) is 3.05. The fourth-order valence-electron chi connectivity index (χ4n) is 2.18. The van der Waals surface area contributed by atoms with Crippen molar-refractivity contribution in [1.82, 2.24) is 9.78 Å². The number of hydrogen-bond donors (Lipinski definition) is 0. The quantitative estimate of drug-likeness (QED) is 0.831. The molecule has 0 amide bonds. The van der Waals surface area contributed by atoms with Crippen molar-refractivity contribution < 1.29 is 4.39 Å². The van der Waals surface area contributed by atoms with Crippen molar-refractivity contribution in [2.24, 2.45) is 7.05 Å². The van der Waals surface area contributed by atoms with Crippen molar-refractivity contribution in [1.29, 1.82) is 5.26 Å². The minimum atomic E-state index is -0.378. The molecule has 1 atom stereocenters. The Labute approximate surface area is 105 Å². The minimum absolute atomic E-state index is 0.0777. The SMILES string of the molecule is CC[C@H](c1cnn(C)c1)c1ccc(F)cc1C#N. The Morgan fingerprint density at radius 3 is 2.83 bits per heavy atom. The van der Waals surface area contributed by atoms with Gasteiger partial charge < -0.3 is 0 Å². The van der Waals surface area contributed by atoms with Crippen molar-refractivity contribution >= 4 is 0 Å². The average Bonchev–Trinajstić information content (AvgIpc) is 2.78. The van der Waals surface area contributed by atoms with Crippen LogP contribution in [0.4, 0.5) is 4.39 Å². The van der Waals surface area contributed by atoms with Crippen LogP contribution in [0.25, 0.3) is 0 Å². The summed E-state index contributed by atoms with van der Waals surface area (Å²) in [5, 5.41) is 13.2. The highest BCUT2D eigenvalue weighted by molar-refractivity contribution is 5.43. The lowest BCUT2D eigenvalue weighted by Gasteiger charge is -2.15. The summed E-state index contributed by atoms with van der Waals surface area (Å²) in [4.78, 5) is 0. The smallest absolute Gasteiger partial charge is 0.124 e. The monoisotopic (exact) mass is 243 g/mol. The van der Waals surface area contributed by atoms with Gasteiger partial charge in [-0.2, -0.15) is 10.4 Å². The maximum absolute atomic E-state index is 13.1. The van der Waals surface area contributed by atoms with Gasteiger partial charge in [-0.3, -0.25) is 4.68 Å². The molecule has 0 fully saturated rings. The molecule has 2 aromatic rings. The third-order valence-corrected chi connectivity index (χ3v) is 3.05. The van der Waals surface area contributed by atoms with E-state index in [9.17, 15) is 4.39 Å². The number of nitrogens with zero attached hydrogens (tertiary/aromatic N) is 3. The number of nitriles is 1. The van der Waals surface area contributed by atoms with E-state index in [-0.39, 0.29) is 11.7 Å². The van der Waals surface area contributed by atoms with Gasteiger partial charge in [0.2, 0.25) is 0 Å². The van der Waals surface area contributed by atoms with Gasteiger partial charge in [-0.05, 0) is 29.7 Å². The highest BCUT2D eigenvalue weighted by Gasteiger charge is 2.17. The van der Waals surface area contributed by atoms with Crippen LogP contribution in [0, 0.1) is 17.1 Å². The summed E-state index contributed by atoms with van der Waals surface area (Å²) >= 11 is 0. The Hall–Kier alpha value is -2.15. The molecule has 0 aliphatic rings. The number of hydrogen-bond acceptors (Lipinski definition) is 2. The maximum atomic E-state index is 13.1. The van der Waals surface area contributed by atoms with Gasteiger partial charge in [-0.15, -0.1) is 0 Å². The van der Waals surface area contributed by atoms with E-state index in [1.807, 2.05) is 20.2 Å². The van der Waals surface area contributed by atoms with Gasteiger partial charge in [0.25, 0.3) is 0 Å². The summed E-state index contributed by atoms with van der Waals surface area (Å²) in [7, 11) is 1.85. The largest absolute Gasteiger partial charge is 0.276 e. The van der Waals surface area contributed by atoms with Gasteiger partial charge in [-0.1, -0.05) is 13.0 Å². The van der Waals surface area contributed by atoms with E-state index in [1.165, 1.54) is 12.1 Å². The summed E-state index contributed by atoms with van der Waals surface area (Å²) in [5.74, 6) is -0.301. The molecule has 0 saturated carbocycles. The van der Waals surface area contributed by atoms with E-state index in [1.54, 1.807) is 16.9 Å². The van der Waals surface area contributed by atoms with Crippen molar-refractivity contribution in [3.05, 3.63) is 53.1 Å². The molecule has 1 aromatic heterocycles.